The highest BCUT2D eigenvalue weighted by Crippen LogP contribution is 2.33. The lowest BCUT2D eigenvalue weighted by molar-refractivity contribution is 0.156. The molecule has 0 radical (unpaired) electrons. The molecule has 3 aromatic rings. The van der Waals surface area contributed by atoms with Crippen LogP contribution in [0, 0.1) is 11.3 Å². The molecule has 0 amide bonds. The maximum Gasteiger partial charge on any atom is 0.103 e. The Labute approximate surface area is 198 Å². The maximum atomic E-state index is 9.65. The first-order valence-electron chi connectivity index (χ1n) is 10.7. The van der Waals surface area contributed by atoms with E-state index >= 15 is 0 Å². The minimum atomic E-state index is 0.458. The van der Waals surface area contributed by atoms with Crippen LogP contribution in [0.3, 0.4) is 0 Å². The van der Waals surface area contributed by atoms with Crippen molar-refractivity contribution in [1.82, 2.24) is 14.8 Å². The second-order valence-electron chi connectivity index (χ2n) is 8.02. The lowest BCUT2D eigenvalue weighted by Gasteiger charge is -2.32. The highest BCUT2D eigenvalue weighted by Gasteiger charge is 2.13. The predicted octanol–water partition coefficient (Wildman–Crippen LogP) is 5.81. The molecule has 1 aliphatic heterocycles. The molecule has 5 nitrogen and oxygen atoms in total. The van der Waals surface area contributed by atoms with Gasteiger partial charge in [0.15, 0.2) is 0 Å². The van der Waals surface area contributed by atoms with E-state index in [2.05, 4.69) is 51.4 Å². The van der Waals surface area contributed by atoms with Gasteiger partial charge in [0.1, 0.15) is 6.07 Å². The Bertz CT molecular complexity index is 1180. The normalized spacial score (nSPS) is 15.3. The summed E-state index contributed by atoms with van der Waals surface area (Å²) < 4.78 is 0. The number of halogens is 2. The molecule has 0 unspecified atom stereocenters. The van der Waals surface area contributed by atoms with Crippen molar-refractivity contribution in [3.05, 3.63) is 69.8 Å². The number of nitrogens with one attached hydrogen (secondary N) is 1. The SMILES string of the molecule is CN1CCN(CC/C=C/c2ccc3ncc(C#N)c(Nc4ccc(Cl)cc4Cl)c3c2)CC1. The molecule has 0 spiro atoms. The largest absolute Gasteiger partial charge is 0.353 e. The molecule has 0 atom stereocenters. The van der Waals surface area contributed by atoms with Gasteiger partial charge in [-0.2, -0.15) is 5.26 Å². The molecule has 1 saturated heterocycles. The molecule has 7 heteroatoms. The zero-order valence-corrected chi connectivity index (χ0v) is 19.5. The molecular weight excluding hydrogens is 441 g/mol. The number of hydrogen-bond acceptors (Lipinski definition) is 5. The van der Waals surface area contributed by atoms with E-state index in [1.165, 1.54) is 0 Å². The summed E-state index contributed by atoms with van der Waals surface area (Å²) in [4.78, 5) is 9.32. The van der Waals surface area contributed by atoms with Gasteiger partial charge in [0, 0.05) is 49.3 Å². The molecule has 1 aromatic heterocycles. The number of fused-ring (bicyclic) bond motifs is 1. The van der Waals surface area contributed by atoms with Gasteiger partial charge in [-0.3, -0.25) is 4.98 Å². The molecule has 1 N–H and O–H groups in total. The molecule has 1 aliphatic rings. The smallest absolute Gasteiger partial charge is 0.103 e. The first-order chi connectivity index (χ1) is 15.5. The van der Waals surface area contributed by atoms with Crippen LogP contribution in [0.25, 0.3) is 17.0 Å². The topological polar surface area (TPSA) is 55.2 Å². The number of pyridine rings is 1. The van der Waals surface area contributed by atoms with Crippen molar-refractivity contribution in [2.75, 3.05) is 45.1 Å². The molecule has 0 aliphatic carbocycles. The fraction of sp³-hybridized carbons (Fsp3) is 0.280. The molecular formula is C25H25Cl2N5. The van der Waals surface area contributed by atoms with Gasteiger partial charge >= 0.3 is 0 Å². The Kier molecular flexibility index (Phi) is 7.29. The van der Waals surface area contributed by atoms with Crippen molar-refractivity contribution < 1.29 is 0 Å². The number of anilines is 2. The van der Waals surface area contributed by atoms with Crippen LogP contribution in [0.2, 0.25) is 10.0 Å². The number of rotatable bonds is 6. The molecule has 4 rings (SSSR count). The summed E-state index contributed by atoms with van der Waals surface area (Å²) in [7, 11) is 2.17. The Morgan fingerprint density at radius 2 is 1.94 bits per heavy atom. The second kappa shape index (κ2) is 10.3. The van der Waals surface area contributed by atoms with Crippen LogP contribution in [0.1, 0.15) is 17.5 Å². The van der Waals surface area contributed by atoms with E-state index in [-0.39, 0.29) is 0 Å². The van der Waals surface area contributed by atoms with E-state index in [9.17, 15) is 5.26 Å². The van der Waals surface area contributed by atoms with Crippen molar-refractivity contribution in [3.8, 4) is 6.07 Å². The second-order valence-corrected chi connectivity index (χ2v) is 8.86. The number of nitrogens with zero attached hydrogens (tertiary/aromatic N) is 4. The van der Waals surface area contributed by atoms with Crippen molar-refractivity contribution >= 4 is 51.6 Å². The van der Waals surface area contributed by atoms with E-state index in [0.717, 1.165) is 55.6 Å². The van der Waals surface area contributed by atoms with E-state index < -0.39 is 0 Å². The third-order valence-electron chi connectivity index (χ3n) is 5.72. The molecule has 32 heavy (non-hydrogen) atoms. The van der Waals surface area contributed by atoms with E-state index in [1.54, 1.807) is 24.4 Å². The van der Waals surface area contributed by atoms with Gasteiger partial charge in [-0.05, 0) is 49.4 Å². The van der Waals surface area contributed by atoms with Crippen LogP contribution < -0.4 is 5.32 Å². The van der Waals surface area contributed by atoms with Crippen LogP contribution in [-0.2, 0) is 0 Å². The molecule has 2 aromatic carbocycles. The number of piperazine rings is 1. The van der Waals surface area contributed by atoms with Gasteiger partial charge in [0.2, 0.25) is 0 Å². The minimum absolute atomic E-state index is 0.458. The first-order valence-corrected chi connectivity index (χ1v) is 11.4. The molecule has 0 saturated carbocycles. The summed E-state index contributed by atoms with van der Waals surface area (Å²) in [5, 5.41) is 14.9. The van der Waals surface area contributed by atoms with Gasteiger partial charge in [-0.1, -0.05) is 41.4 Å². The Balaban J connectivity index is 1.55. The summed E-state index contributed by atoms with van der Waals surface area (Å²) in [5.41, 5.74) is 3.71. The summed E-state index contributed by atoms with van der Waals surface area (Å²) in [6, 6.07) is 13.6. The number of hydrogen-bond donors (Lipinski definition) is 1. The van der Waals surface area contributed by atoms with E-state index in [4.69, 9.17) is 23.2 Å². The van der Waals surface area contributed by atoms with Crippen molar-refractivity contribution in [2.45, 2.75) is 6.42 Å². The van der Waals surface area contributed by atoms with Crippen LogP contribution in [0.4, 0.5) is 11.4 Å². The van der Waals surface area contributed by atoms with Crippen LogP contribution in [-0.4, -0.2) is 54.6 Å². The first kappa shape index (κ1) is 22.6. The summed E-state index contributed by atoms with van der Waals surface area (Å²) >= 11 is 12.4. The zero-order valence-electron chi connectivity index (χ0n) is 18.0. The van der Waals surface area contributed by atoms with Gasteiger partial charge < -0.3 is 15.1 Å². The lowest BCUT2D eigenvalue weighted by atomic mass is 10.1. The Hall–Kier alpha value is -2.62. The van der Waals surface area contributed by atoms with Gasteiger partial charge in [-0.15, -0.1) is 0 Å². The van der Waals surface area contributed by atoms with E-state index in [0.29, 0.717) is 27.0 Å². The van der Waals surface area contributed by atoms with Crippen LogP contribution in [0.5, 0.6) is 0 Å². The van der Waals surface area contributed by atoms with Gasteiger partial charge in [0.05, 0.1) is 27.5 Å². The summed E-state index contributed by atoms with van der Waals surface area (Å²) in [6.07, 6.45) is 6.93. The number of nitriles is 1. The standard InChI is InChI=1S/C25H25Cl2N5/c1-31-10-12-32(13-11-31)9-3-2-4-18-5-7-23-21(14-18)25(19(16-28)17-29-23)30-24-8-6-20(26)15-22(24)27/h2,4-8,14-15,17H,3,9-13H2,1H3,(H,29,30)/b4-2+. The monoisotopic (exact) mass is 465 g/mol. The lowest BCUT2D eigenvalue weighted by Crippen LogP contribution is -2.44. The third kappa shape index (κ3) is 5.40. The van der Waals surface area contributed by atoms with Gasteiger partial charge in [-0.25, -0.2) is 0 Å². The van der Waals surface area contributed by atoms with Crippen molar-refractivity contribution in [3.63, 3.8) is 0 Å². The fourth-order valence-corrected chi connectivity index (χ4v) is 4.26. The molecule has 2 heterocycles. The third-order valence-corrected chi connectivity index (χ3v) is 6.27. The molecule has 1 fully saturated rings. The van der Waals surface area contributed by atoms with Crippen molar-refractivity contribution in [1.29, 1.82) is 5.26 Å². The van der Waals surface area contributed by atoms with Crippen LogP contribution in [0.15, 0.2) is 48.7 Å². The molecule has 0 bridgehead atoms. The zero-order chi connectivity index (χ0) is 22.5. The number of aromatic nitrogens is 1. The number of benzene rings is 2. The Morgan fingerprint density at radius 3 is 2.69 bits per heavy atom. The number of likely N-dealkylation sites (N-methyl/N-ethyl adjacent to an activating group) is 1. The minimum Gasteiger partial charge on any atom is -0.353 e. The average Bonchev–Trinajstić information content (AvgIpc) is 2.79. The summed E-state index contributed by atoms with van der Waals surface area (Å²) in [5.74, 6) is 0. The Morgan fingerprint density at radius 1 is 1.12 bits per heavy atom. The highest BCUT2D eigenvalue weighted by atomic mass is 35.5. The van der Waals surface area contributed by atoms with Gasteiger partial charge in [0.25, 0.3) is 0 Å². The summed E-state index contributed by atoms with van der Waals surface area (Å²) in [6.45, 7) is 5.60. The molecule has 164 valence electrons. The maximum absolute atomic E-state index is 9.65. The highest BCUT2D eigenvalue weighted by molar-refractivity contribution is 6.36. The average molecular weight is 466 g/mol. The van der Waals surface area contributed by atoms with E-state index in [1.807, 2.05) is 12.1 Å². The quantitative estimate of drug-likeness (QED) is 0.497. The fourth-order valence-electron chi connectivity index (χ4n) is 3.81. The van der Waals surface area contributed by atoms with Crippen LogP contribution >= 0.6 is 23.2 Å². The van der Waals surface area contributed by atoms with Crippen molar-refractivity contribution in [2.24, 2.45) is 0 Å². The predicted molar refractivity (Wildman–Crippen MR) is 134 cm³/mol.